The van der Waals surface area contributed by atoms with Gasteiger partial charge in [0.25, 0.3) is 0 Å². The topological polar surface area (TPSA) is 29.5 Å². The van der Waals surface area contributed by atoms with Crippen LogP contribution in [0.5, 0.6) is 0 Å². The van der Waals surface area contributed by atoms with Gasteiger partial charge in [-0.2, -0.15) is 0 Å². The molecule has 0 radical (unpaired) electrons. The van der Waals surface area contributed by atoms with Crippen molar-refractivity contribution in [2.75, 3.05) is 13.1 Å². The highest BCUT2D eigenvalue weighted by atomic mass is 16.5. The molecule has 3 rings (SSSR count). The Bertz CT molecular complexity index is 650. The van der Waals surface area contributed by atoms with Gasteiger partial charge < -0.3 is 4.74 Å². The van der Waals surface area contributed by atoms with Crippen molar-refractivity contribution in [2.24, 2.45) is 0 Å². The van der Waals surface area contributed by atoms with E-state index >= 15 is 0 Å². The van der Waals surface area contributed by atoms with E-state index in [-0.39, 0.29) is 18.1 Å². The molecule has 1 fully saturated rings. The summed E-state index contributed by atoms with van der Waals surface area (Å²) in [6.45, 7) is 4.05. The van der Waals surface area contributed by atoms with E-state index in [0.717, 1.165) is 18.7 Å². The maximum Gasteiger partial charge on any atom is 0.308 e. The van der Waals surface area contributed by atoms with Crippen LogP contribution in [0.3, 0.4) is 0 Å². The number of likely N-dealkylation sites (tertiary alicyclic amines) is 1. The fraction of sp³-hybridized carbons (Fsp3) is 0.409. The van der Waals surface area contributed by atoms with Crippen molar-refractivity contribution < 1.29 is 9.53 Å². The van der Waals surface area contributed by atoms with E-state index in [0.29, 0.717) is 6.42 Å². The van der Waals surface area contributed by atoms with E-state index in [1.807, 2.05) is 55.5 Å². The fourth-order valence-corrected chi connectivity index (χ4v) is 3.56. The number of esters is 1. The van der Waals surface area contributed by atoms with Gasteiger partial charge in [0.05, 0.1) is 6.42 Å². The molecule has 0 amide bonds. The van der Waals surface area contributed by atoms with Crippen molar-refractivity contribution in [1.29, 1.82) is 0 Å². The van der Waals surface area contributed by atoms with Crippen LogP contribution in [0.2, 0.25) is 0 Å². The van der Waals surface area contributed by atoms with Crippen molar-refractivity contribution >= 4 is 5.97 Å². The number of piperidine rings is 1. The Balaban J connectivity index is 1.68. The van der Waals surface area contributed by atoms with E-state index in [4.69, 9.17) is 4.74 Å². The molecule has 2 atom stereocenters. The second kappa shape index (κ2) is 8.82. The molecule has 25 heavy (non-hydrogen) atoms. The average molecular weight is 337 g/mol. The third-order valence-corrected chi connectivity index (χ3v) is 4.95. The Labute approximate surface area is 150 Å². The third-order valence-electron chi connectivity index (χ3n) is 4.95. The van der Waals surface area contributed by atoms with E-state index in [2.05, 4.69) is 17.0 Å². The third kappa shape index (κ3) is 4.93. The normalized spacial score (nSPS) is 17.6. The Morgan fingerprint density at radius 2 is 1.48 bits per heavy atom. The molecule has 0 saturated carbocycles. The largest absolute Gasteiger partial charge is 0.458 e. The highest BCUT2D eigenvalue weighted by Crippen LogP contribution is 2.29. The molecule has 0 unspecified atom stereocenters. The van der Waals surface area contributed by atoms with E-state index < -0.39 is 0 Å². The van der Waals surface area contributed by atoms with Gasteiger partial charge in [0, 0.05) is 6.04 Å². The van der Waals surface area contributed by atoms with Crippen LogP contribution < -0.4 is 0 Å². The van der Waals surface area contributed by atoms with Gasteiger partial charge in [0.2, 0.25) is 0 Å². The summed E-state index contributed by atoms with van der Waals surface area (Å²) in [6, 6.07) is 20.4. The van der Waals surface area contributed by atoms with Crippen LogP contribution in [0.4, 0.5) is 0 Å². The van der Waals surface area contributed by atoms with Crippen molar-refractivity contribution in [3.05, 3.63) is 71.8 Å². The predicted molar refractivity (Wildman–Crippen MR) is 100 cm³/mol. The standard InChI is InChI=1S/C22H27NO2/c1-18(19-11-5-2-6-12-19)25-22(24)17-21(20-13-7-3-8-14-20)23-15-9-4-10-16-23/h2-3,5-8,11-14,18,21H,4,9-10,15-17H2,1H3/t18-,21+/m1/s1. The highest BCUT2D eigenvalue weighted by Gasteiger charge is 2.26. The molecule has 1 saturated heterocycles. The zero-order valence-corrected chi connectivity index (χ0v) is 14.9. The van der Waals surface area contributed by atoms with Gasteiger partial charge in [-0.25, -0.2) is 0 Å². The van der Waals surface area contributed by atoms with Gasteiger partial charge >= 0.3 is 5.97 Å². The first kappa shape index (κ1) is 17.7. The molecule has 1 heterocycles. The van der Waals surface area contributed by atoms with Crippen molar-refractivity contribution in [3.8, 4) is 0 Å². The van der Waals surface area contributed by atoms with Gasteiger partial charge in [0.15, 0.2) is 0 Å². The molecular formula is C22H27NO2. The second-order valence-corrected chi connectivity index (χ2v) is 6.77. The van der Waals surface area contributed by atoms with Crippen LogP contribution >= 0.6 is 0 Å². The fourth-order valence-electron chi connectivity index (χ4n) is 3.56. The van der Waals surface area contributed by atoms with Crippen LogP contribution in [0.15, 0.2) is 60.7 Å². The molecule has 2 aromatic carbocycles. The van der Waals surface area contributed by atoms with Gasteiger partial charge in [-0.15, -0.1) is 0 Å². The van der Waals surface area contributed by atoms with Gasteiger partial charge in [0.1, 0.15) is 6.10 Å². The van der Waals surface area contributed by atoms with E-state index in [1.54, 1.807) is 0 Å². The Morgan fingerprint density at radius 3 is 2.08 bits per heavy atom. The zero-order chi connectivity index (χ0) is 17.5. The van der Waals surface area contributed by atoms with Crippen LogP contribution in [0.25, 0.3) is 0 Å². The highest BCUT2D eigenvalue weighted by molar-refractivity contribution is 5.70. The maximum atomic E-state index is 12.6. The number of rotatable bonds is 6. The summed E-state index contributed by atoms with van der Waals surface area (Å²) < 4.78 is 5.71. The number of hydrogen-bond donors (Lipinski definition) is 0. The Kier molecular flexibility index (Phi) is 6.24. The Morgan fingerprint density at radius 1 is 0.920 bits per heavy atom. The lowest BCUT2D eigenvalue weighted by Crippen LogP contribution is -2.35. The minimum atomic E-state index is -0.216. The monoisotopic (exact) mass is 337 g/mol. The van der Waals surface area contributed by atoms with Crippen LogP contribution in [0, 0.1) is 0 Å². The van der Waals surface area contributed by atoms with Gasteiger partial charge in [-0.05, 0) is 44.0 Å². The summed E-state index contributed by atoms with van der Waals surface area (Å²) in [5.74, 6) is -0.129. The summed E-state index contributed by atoms with van der Waals surface area (Å²) >= 11 is 0. The maximum absolute atomic E-state index is 12.6. The molecule has 3 nitrogen and oxygen atoms in total. The average Bonchev–Trinajstić information content (AvgIpc) is 2.68. The van der Waals surface area contributed by atoms with Crippen LogP contribution in [-0.2, 0) is 9.53 Å². The van der Waals surface area contributed by atoms with E-state index in [9.17, 15) is 4.79 Å². The lowest BCUT2D eigenvalue weighted by atomic mass is 9.99. The summed E-state index contributed by atoms with van der Waals surface area (Å²) in [5, 5.41) is 0. The number of carbonyl (C=O) groups excluding carboxylic acids is 1. The molecule has 0 N–H and O–H groups in total. The summed E-state index contributed by atoms with van der Waals surface area (Å²) in [6.07, 6.45) is 3.89. The molecule has 0 aromatic heterocycles. The second-order valence-electron chi connectivity index (χ2n) is 6.77. The molecule has 3 heteroatoms. The number of carbonyl (C=O) groups is 1. The molecule has 2 aromatic rings. The molecule has 1 aliphatic rings. The van der Waals surface area contributed by atoms with Crippen molar-refractivity contribution in [2.45, 2.75) is 44.8 Å². The summed E-state index contributed by atoms with van der Waals surface area (Å²) in [7, 11) is 0. The first-order valence-corrected chi connectivity index (χ1v) is 9.27. The molecule has 0 aliphatic carbocycles. The van der Waals surface area contributed by atoms with Gasteiger partial charge in [-0.1, -0.05) is 67.1 Å². The van der Waals surface area contributed by atoms with Gasteiger partial charge in [-0.3, -0.25) is 9.69 Å². The Hall–Kier alpha value is -2.13. The molecular weight excluding hydrogens is 310 g/mol. The smallest absolute Gasteiger partial charge is 0.308 e. The summed E-state index contributed by atoms with van der Waals surface area (Å²) in [4.78, 5) is 15.0. The SMILES string of the molecule is C[C@@H](OC(=O)C[C@@H](c1ccccc1)N1CCCCC1)c1ccccc1. The van der Waals surface area contributed by atoms with E-state index in [1.165, 1.54) is 24.8 Å². The van der Waals surface area contributed by atoms with Crippen LogP contribution in [-0.4, -0.2) is 24.0 Å². The lowest BCUT2D eigenvalue weighted by molar-refractivity contribution is -0.150. The minimum Gasteiger partial charge on any atom is -0.458 e. The molecule has 132 valence electrons. The predicted octanol–water partition coefficient (Wildman–Crippen LogP) is 4.91. The number of benzene rings is 2. The lowest BCUT2D eigenvalue weighted by Gasteiger charge is -2.34. The number of hydrogen-bond acceptors (Lipinski definition) is 3. The van der Waals surface area contributed by atoms with Crippen LogP contribution in [0.1, 0.15) is 55.9 Å². The number of ether oxygens (including phenoxy) is 1. The van der Waals surface area contributed by atoms with Crippen molar-refractivity contribution in [1.82, 2.24) is 4.90 Å². The first-order chi connectivity index (χ1) is 12.2. The molecule has 1 aliphatic heterocycles. The molecule has 0 spiro atoms. The van der Waals surface area contributed by atoms with Crippen molar-refractivity contribution in [3.63, 3.8) is 0 Å². The zero-order valence-electron chi connectivity index (χ0n) is 14.9. The number of nitrogens with zero attached hydrogens (tertiary/aromatic N) is 1. The quantitative estimate of drug-likeness (QED) is 0.702. The summed E-state index contributed by atoms with van der Waals surface area (Å²) in [5.41, 5.74) is 2.23. The first-order valence-electron chi connectivity index (χ1n) is 9.27. The molecule has 0 bridgehead atoms. The minimum absolute atomic E-state index is 0.108.